The number of carbonyl (C=O) groups excluding carboxylic acids is 2. The largest absolute Gasteiger partial charge is 0.272 e. The zero-order chi connectivity index (χ0) is 18.4. The van der Waals surface area contributed by atoms with E-state index in [1.165, 1.54) is 10.0 Å². The third-order valence-electron chi connectivity index (χ3n) is 3.65. The van der Waals surface area contributed by atoms with Crippen LogP contribution in [0.4, 0.5) is 0 Å². The van der Waals surface area contributed by atoms with Gasteiger partial charge in [-0.15, -0.1) is 6.58 Å². The van der Waals surface area contributed by atoms with E-state index in [0.29, 0.717) is 11.1 Å². The van der Waals surface area contributed by atoms with Crippen LogP contribution < -0.4 is 0 Å². The van der Waals surface area contributed by atoms with E-state index in [1.54, 1.807) is 42.5 Å². The summed E-state index contributed by atoms with van der Waals surface area (Å²) in [5, 5.41) is 2.97. The zero-order valence-electron chi connectivity index (χ0n) is 15.0. The van der Waals surface area contributed by atoms with Crippen molar-refractivity contribution in [3.8, 4) is 0 Å². The minimum atomic E-state index is -0.583. The SMILES string of the molecule is C=CCN(C(=O)c1ccccc1)N(C(=O)c1ccccc1)C(C)(C)C. The lowest BCUT2D eigenvalue weighted by Crippen LogP contribution is -2.58. The molecule has 2 aromatic rings. The van der Waals surface area contributed by atoms with Crippen LogP contribution in [0.5, 0.6) is 0 Å². The molecule has 0 atom stereocenters. The van der Waals surface area contributed by atoms with Crippen LogP contribution in [0.15, 0.2) is 73.3 Å². The molecule has 0 aliphatic carbocycles. The van der Waals surface area contributed by atoms with Gasteiger partial charge in [0.2, 0.25) is 0 Å². The van der Waals surface area contributed by atoms with Crippen molar-refractivity contribution >= 4 is 11.8 Å². The summed E-state index contributed by atoms with van der Waals surface area (Å²) in [5.41, 5.74) is 0.479. The summed E-state index contributed by atoms with van der Waals surface area (Å²) < 4.78 is 0. The first-order chi connectivity index (χ1) is 11.9. The predicted molar refractivity (Wildman–Crippen MR) is 100 cm³/mol. The van der Waals surface area contributed by atoms with Crippen LogP contribution in [-0.4, -0.2) is 33.9 Å². The highest BCUT2D eigenvalue weighted by Crippen LogP contribution is 2.22. The Balaban J connectivity index is 2.47. The van der Waals surface area contributed by atoms with E-state index >= 15 is 0 Å². The lowest BCUT2D eigenvalue weighted by atomic mass is 10.1. The van der Waals surface area contributed by atoms with Crippen molar-refractivity contribution in [3.63, 3.8) is 0 Å². The fourth-order valence-electron chi connectivity index (χ4n) is 2.59. The number of hydrogen-bond donors (Lipinski definition) is 0. The summed E-state index contributed by atoms with van der Waals surface area (Å²) in [6.45, 7) is 9.70. The van der Waals surface area contributed by atoms with E-state index in [2.05, 4.69) is 6.58 Å². The summed E-state index contributed by atoms with van der Waals surface area (Å²) >= 11 is 0. The first kappa shape index (κ1) is 18.5. The molecular weight excluding hydrogens is 312 g/mol. The summed E-state index contributed by atoms with van der Waals surface area (Å²) in [4.78, 5) is 26.2. The second-order valence-electron chi connectivity index (χ2n) is 6.70. The Morgan fingerprint density at radius 3 is 1.72 bits per heavy atom. The maximum Gasteiger partial charge on any atom is 0.272 e. The van der Waals surface area contributed by atoms with Gasteiger partial charge in [0.25, 0.3) is 11.8 Å². The highest BCUT2D eigenvalue weighted by atomic mass is 16.2. The van der Waals surface area contributed by atoms with Crippen molar-refractivity contribution < 1.29 is 9.59 Å². The molecule has 0 aromatic heterocycles. The third kappa shape index (κ3) is 4.35. The fourth-order valence-corrected chi connectivity index (χ4v) is 2.59. The van der Waals surface area contributed by atoms with Crippen molar-refractivity contribution in [2.75, 3.05) is 6.54 Å². The van der Waals surface area contributed by atoms with E-state index in [1.807, 2.05) is 45.0 Å². The van der Waals surface area contributed by atoms with Gasteiger partial charge in [-0.3, -0.25) is 9.59 Å². The van der Waals surface area contributed by atoms with Crippen molar-refractivity contribution in [1.29, 1.82) is 0 Å². The van der Waals surface area contributed by atoms with E-state index in [0.717, 1.165) is 0 Å². The number of benzene rings is 2. The predicted octanol–water partition coefficient (Wildman–Crippen LogP) is 4.17. The first-order valence-electron chi connectivity index (χ1n) is 8.23. The summed E-state index contributed by atoms with van der Waals surface area (Å²) in [6, 6.07) is 17.9. The number of nitrogens with zero attached hydrogens (tertiary/aromatic N) is 2. The molecule has 25 heavy (non-hydrogen) atoms. The first-order valence-corrected chi connectivity index (χ1v) is 8.23. The Kier molecular flexibility index (Phi) is 5.75. The second kappa shape index (κ2) is 7.79. The fraction of sp³-hybridized carbons (Fsp3) is 0.238. The van der Waals surface area contributed by atoms with Crippen LogP contribution in [0.25, 0.3) is 0 Å². The van der Waals surface area contributed by atoms with Gasteiger partial charge in [0.15, 0.2) is 0 Å². The Labute approximate surface area is 149 Å². The average molecular weight is 336 g/mol. The molecule has 2 rings (SSSR count). The molecule has 4 nitrogen and oxygen atoms in total. The molecular formula is C21H24N2O2. The van der Waals surface area contributed by atoms with Crippen LogP contribution in [-0.2, 0) is 0 Å². The minimum Gasteiger partial charge on any atom is -0.267 e. The van der Waals surface area contributed by atoms with Gasteiger partial charge in [-0.05, 0) is 45.0 Å². The molecule has 2 aromatic carbocycles. The third-order valence-corrected chi connectivity index (χ3v) is 3.65. The lowest BCUT2D eigenvalue weighted by molar-refractivity contribution is -0.0380. The van der Waals surface area contributed by atoms with Crippen molar-refractivity contribution in [2.45, 2.75) is 26.3 Å². The number of hydrogen-bond acceptors (Lipinski definition) is 2. The Morgan fingerprint density at radius 2 is 1.32 bits per heavy atom. The molecule has 0 radical (unpaired) electrons. The van der Waals surface area contributed by atoms with Crippen molar-refractivity contribution in [3.05, 3.63) is 84.4 Å². The van der Waals surface area contributed by atoms with Crippen LogP contribution in [0.3, 0.4) is 0 Å². The summed E-state index contributed by atoms with van der Waals surface area (Å²) in [7, 11) is 0. The lowest BCUT2D eigenvalue weighted by Gasteiger charge is -2.43. The number of rotatable bonds is 4. The van der Waals surface area contributed by atoms with Crippen LogP contribution in [0, 0.1) is 0 Å². The molecule has 0 spiro atoms. The molecule has 0 aliphatic rings. The average Bonchev–Trinajstić information content (AvgIpc) is 2.61. The molecule has 0 fully saturated rings. The van der Waals surface area contributed by atoms with E-state index in [-0.39, 0.29) is 18.4 Å². The smallest absolute Gasteiger partial charge is 0.267 e. The van der Waals surface area contributed by atoms with Gasteiger partial charge in [0.1, 0.15) is 0 Å². The maximum atomic E-state index is 13.1. The molecule has 0 heterocycles. The standard InChI is InChI=1S/C21H24N2O2/c1-5-16-22(19(24)17-12-8-6-9-13-17)23(21(2,3)4)20(25)18-14-10-7-11-15-18/h5-15H,1,16H2,2-4H3. The number of hydrazine groups is 1. The molecule has 0 aliphatic heterocycles. The van der Waals surface area contributed by atoms with Gasteiger partial charge in [-0.25, -0.2) is 10.0 Å². The highest BCUT2D eigenvalue weighted by Gasteiger charge is 2.35. The van der Waals surface area contributed by atoms with Crippen molar-refractivity contribution in [2.24, 2.45) is 0 Å². The molecule has 0 N–H and O–H groups in total. The van der Waals surface area contributed by atoms with E-state index in [4.69, 9.17) is 0 Å². The van der Waals surface area contributed by atoms with Gasteiger partial charge in [-0.2, -0.15) is 0 Å². The summed E-state index contributed by atoms with van der Waals surface area (Å²) in [5.74, 6) is -0.459. The zero-order valence-corrected chi connectivity index (χ0v) is 15.0. The summed E-state index contributed by atoms with van der Waals surface area (Å²) in [6.07, 6.45) is 1.62. The normalized spacial score (nSPS) is 10.8. The van der Waals surface area contributed by atoms with Crippen molar-refractivity contribution in [1.82, 2.24) is 10.0 Å². The van der Waals surface area contributed by atoms with Gasteiger partial charge in [0, 0.05) is 11.1 Å². The topological polar surface area (TPSA) is 40.6 Å². The van der Waals surface area contributed by atoms with Gasteiger partial charge >= 0.3 is 0 Å². The Morgan fingerprint density at radius 1 is 0.880 bits per heavy atom. The Bertz CT molecular complexity index is 733. The van der Waals surface area contributed by atoms with Gasteiger partial charge in [-0.1, -0.05) is 42.5 Å². The second-order valence-corrected chi connectivity index (χ2v) is 6.70. The van der Waals surface area contributed by atoms with Gasteiger partial charge < -0.3 is 0 Å². The molecule has 0 bridgehead atoms. The van der Waals surface area contributed by atoms with Gasteiger partial charge in [0.05, 0.1) is 12.1 Å². The van der Waals surface area contributed by atoms with E-state index in [9.17, 15) is 9.59 Å². The molecule has 0 unspecified atom stereocenters. The molecule has 130 valence electrons. The monoisotopic (exact) mass is 336 g/mol. The molecule has 2 amide bonds. The van der Waals surface area contributed by atoms with Crippen LogP contribution in [0.2, 0.25) is 0 Å². The minimum absolute atomic E-state index is 0.223. The van der Waals surface area contributed by atoms with E-state index < -0.39 is 5.54 Å². The number of amides is 2. The quantitative estimate of drug-likeness (QED) is 0.621. The maximum absolute atomic E-state index is 13.1. The molecule has 0 saturated carbocycles. The highest BCUT2D eigenvalue weighted by molar-refractivity contribution is 5.99. The number of carbonyl (C=O) groups is 2. The molecule has 0 saturated heterocycles. The molecule has 4 heteroatoms. The van der Waals surface area contributed by atoms with Crippen LogP contribution in [0.1, 0.15) is 41.5 Å². The van der Waals surface area contributed by atoms with Crippen LogP contribution >= 0.6 is 0 Å². The Hall–Kier alpha value is -2.88.